The molecule has 29 heavy (non-hydrogen) atoms. The minimum atomic E-state index is -6.28. The van der Waals surface area contributed by atoms with E-state index in [1.54, 1.807) is 0 Å². The van der Waals surface area contributed by atoms with Crippen molar-refractivity contribution in [3.05, 3.63) is 66.8 Å². The van der Waals surface area contributed by atoms with Gasteiger partial charge in [-0.2, -0.15) is 0 Å². The molecule has 0 saturated heterocycles. The second-order valence-electron chi connectivity index (χ2n) is 5.23. The minimum absolute atomic E-state index is 0.166. The molecule has 0 amide bonds. The second kappa shape index (κ2) is 7.94. The summed E-state index contributed by atoms with van der Waals surface area (Å²) in [5, 5.41) is 0. The van der Waals surface area contributed by atoms with Gasteiger partial charge in [0.25, 0.3) is 0 Å². The molecule has 0 radical (unpaired) electrons. The third-order valence-electron chi connectivity index (χ3n) is 3.11. The fourth-order valence-electron chi connectivity index (χ4n) is 1.86. The Labute approximate surface area is 165 Å². The fourth-order valence-corrected chi connectivity index (χ4v) is 8.55. The summed E-state index contributed by atoms with van der Waals surface area (Å²) in [6.45, 7) is 0. The van der Waals surface area contributed by atoms with Gasteiger partial charge in [0.2, 0.25) is 0 Å². The Morgan fingerprint density at radius 1 is 0.690 bits per heavy atom. The molecule has 0 aromatic heterocycles. The van der Waals surface area contributed by atoms with Crippen LogP contribution in [0.2, 0.25) is 0 Å². The van der Waals surface area contributed by atoms with Crippen molar-refractivity contribution in [2.75, 3.05) is 0 Å². The van der Waals surface area contributed by atoms with E-state index in [0.717, 1.165) is 12.1 Å². The van der Waals surface area contributed by atoms with E-state index in [1.807, 2.05) is 0 Å². The summed E-state index contributed by atoms with van der Waals surface area (Å²) >= 11 is -4.41. The maximum absolute atomic E-state index is 13.0. The predicted octanol–water partition coefficient (Wildman–Crippen LogP) is 6.05. The van der Waals surface area contributed by atoms with Gasteiger partial charge in [0.05, 0.1) is 0 Å². The number of rotatable bonds is 4. The van der Waals surface area contributed by atoms with Gasteiger partial charge in [0.1, 0.15) is 0 Å². The maximum atomic E-state index is 13.0. The summed E-state index contributed by atoms with van der Waals surface area (Å²) in [5.41, 5.74) is -9.51. The Morgan fingerprint density at radius 3 is 1.52 bits per heavy atom. The second-order valence-corrected chi connectivity index (χ2v) is 11.7. The first-order valence-electron chi connectivity index (χ1n) is 7.08. The van der Waals surface area contributed by atoms with Crippen molar-refractivity contribution in [2.45, 2.75) is 17.9 Å². The molecule has 162 valence electrons. The molecule has 0 aliphatic heterocycles. The van der Waals surface area contributed by atoms with E-state index in [2.05, 4.69) is 2.51 Å². The van der Waals surface area contributed by atoms with Crippen LogP contribution in [-0.2, 0) is 25.0 Å². The van der Waals surface area contributed by atoms with Gasteiger partial charge in [0, 0.05) is 0 Å². The first-order chi connectivity index (χ1) is 13.0. The SMILES string of the molecule is O=S(=O)(OI(c1ccccc1)c1cc(C(F)(F)F)cc(C(F)(F)F)c1)C(F)(F)F. The quantitative estimate of drug-likeness (QED) is 0.257. The van der Waals surface area contributed by atoms with Crippen LogP contribution in [0.3, 0.4) is 0 Å². The molecule has 2 rings (SSSR count). The number of halogens is 10. The first kappa shape index (κ1) is 23.7. The standard InChI is InChI=1S/C15H8F9IO3S/c16-13(17,18)9-6-10(14(19,20)21)8-12(7-9)25(11-4-2-1-3-5-11)28-29(26,27)15(22,23)24/h1-8H. The third kappa shape index (κ3) is 5.75. The van der Waals surface area contributed by atoms with Crippen LogP contribution in [0.4, 0.5) is 39.5 Å². The molecule has 0 spiro atoms. The Hall–Kier alpha value is -1.55. The topological polar surface area (TPSA) is 43.4 Å². The zero-order valence-corrected chi connectivity index (χ0v) is 16.5. The molecular weight excluding hydrogens is 558 g/mol. The molecule has 0 fully saturated rings. The zero-order chi connectivity index (χ0) is 22.3. The molecule has 0 N–H and O–H groups in total. The summed E-state index contributed by atoms with van der Waals surface area (Å²) < 4.78 is 142. The summed E-state index contributed by atoms with van der Waals surface area (Å²) in [5.74, 6) is 0. The zero-order valence-electron chi connectivity index (χ0n) is 13.5. The Kier molecular flexibility index (Phi) is 6.50. The van der Waals surface area contributed by atoms with Crippen LogP contribution in [0, 0.1) is 7.14 Å². The van der Waals surface area contributed by atoms with Crippen LogP contribution in [0.25, 0.3) is 0 Å². The molecule has 2 aromatic rings. The van der Waals surface area contributed by atoms with E-state index in [1.165, 1.54) is 18.2 Å². The van der Waals surface area contributed by atoms with Gasteiger partial charge in [-0.05, 0) is 0 Å². The third-order valence-corrected chi connectivity index (χ3v) is 10.1. The van der Waals surface area contributed by atoms with Crippen molar-refractivity contribution in [3.8, 4) is 0 Å². The van der Waals surface area contributed by atoms with E-state index in [4.69, 9.17) is 0 Å². The van der Waals surface area contributed by atoms with E-state index in [-0.39, 0.29) is 21.8 Å². The Morgan fingerprint density at radius 2 is 1.14 bits per heavy atom. The van der Waals surface area contributed by atoms with Crippen molar-refractivity contribution >= 4 is 30.4 Å². The number of alkyl halides is 9. The van der Waals surface area contributed by atoms with Crippen molar-refractivity contribution in [1.29, 1.82) is 0 Å². The average Bonchev–Trinajstić information content (AvgIpc) is 2.57. The first-order valence-corrected chi connectivity index (χ1v) is 11.5. The van der Waals surface area contributed by atoms with E-state index >= 15 is 0 Å². The predicted molar refractivity (Wildman–Crippen MR) is 90.4 cm³/mol. The normalized spacial score (nSPS) is 14.0. The molecule has 0 aliphatic carbocycles. The molecule has 0 atom stereocenters. The van der Waals surface area contributed by atoms with E-state index in [0.29, 0.717) is 0 Å². The van der Waals surface area contributed by atoms with Crippen LogP contribution >= 0.6 is 20.2 Å². The van der Waals surface area contributed by atoms with Crippen molar-refractivity contribution in [1.82, 2.24) is 0 Å². The summed E-state index contributed by atoms with van der Waals surface area (Å²) in [6, 6.07) is 6.04. The van der Waals surface area contributed by atoms with Crippen LogP contribution in [0.5, 0.6) is 0 Å². The molecule has 0 bridgehead atoms. The van der Waals surface area contributed by atoms with Gasteiger partial charge in [-0.25, -0.2) is 0 Å². The number of hydrogen-bond acceptors (Lipinski definition) is 3. The molecule has 0 saturated carbocycles. The molecule has 2 aromatic carbocycles. The summed E-state index contributed by atoms with van der Waals surface area (Å²) in [7, 11) is -6.28. The van der Waals surface area contributed by atoms with Crippen molar-refractivity contribution in [3.63, 3.8) is 0 Å². The van der Waals surface area contributed by atoms with Crippen LogP contribution in [0.15, 0.2) is 48.5 Å². The fraction of sp³-hybridized carbons (Fsp3) is 0.200. The van der Waals surface area contributed by atoms with Crippen molar-refractivity contribution in [2.24, 2.45) is 0 Å². The van der Waals surface area contributed by atoms with E-state index in [9.17, 15) is 47.9 Å². The average molecular weight is 566 g/mol. The summed E-state index contributed by atoms with van der Waals surface area (Å²) in [4.78, 5) is 0. The molecule has 0 aliphatic rings. The molecule has 14 heteroatoms. The van der Waals surface area contributed by atoms with Gasteiger partial charge in [0.15, 0.2) is 0 Å². The number of benzene rings is 2. The number of hydrogen-bond donors (Lipinski definition) is 0. The van der Waals surface area contributed by atoms with Gasteiger partial charge < -0.3 is 0 Å². The molecule has 0 heterocycles. The van der Waals surface area contributed by atoms with Gasteiger partial charge in [-0.15, -0.1) is 0 Å². The Bertz CT molecular complexity index is 935. The van der Waals surface area contributed by atoms with E-state index < -0.39 is 62.9 Å². The van der Waals surface area contributed by atoms with Gasteiger partial charge in [-0.1, -0.05) is 0 Å². The molecular formula is C15H8F9IO3S. The van der Waals surface area contributed by atoms with Gasteiger partial charge in [-0.3, -0.25) is 0 Å². The van der Waals surface area contributed by atoms with Crippen LogP contribution in [0.1, 0.15) is 11.1 Å². The monoisotopic (exact) mass is 566 g/mol. The molecule has 3 nitrogen and oxygen atoms in total. The van der Waals surface area contributed by atoms with Gasteiger partial charge >= 0.3 is 165 Å². The summed E-state index contributed by atoms with van der Waals surface area (Å²) in [6.07, 6.45) is -10.5. The van der Waals surface area contributed by atoms with Crippen LogP contribution in [-0.4, -0.2) is 13.9 Å². The molecule has 0 unspecified atom stereocenters. The van der Waals surface area contributed by atoms with Crippen molar-refractivity contribution < 1.29 is 50.4 Å². The van der Waals surface area contributed by atoms with Crippen LogP contribution < -0.4 is 0 Å². The Balaban J connectivity index is 2.74.